The smallest absolute Gasteiger partial charge is 0.335 e. The van der Waals surface area contributed by atoms with Crippen LogP contribution in [0.15, 0.2) is 21.2 Å². The van der Waals surface area contributed by atoms with Gasteiger partial charge >= 0.3 is 5.97 Å². The molecule has 2 fully saturated rings. The number of aromatic nitrogens is 1. The lowest BCUT2D eigenvalue weighted by Crippen LogP contribution is -2.53. The number of carbonyl (C=O) groups excluding carboxylic acids is 1. The van der Waals surface area contributed by atoms with Crippen molar-refractivity contribution >= 4 is 43.7 Å². The monoisotopic (exact) mass is 418 g/mol. The van der Waals surface area contributed by atoms with E-state index >= 15 is 0 Å². The number of nitrogens with zero attached hydrogens (tertiary/aromatic N) is 2. The largest absolute Gasteiger partial charge is 0.479 e. The first-order chi connectivity index (χ1) is 9.99. The van der Waals surface area contributed by atoms with Gasteiger partial charge in [0, 0.05) is 21.2 Å². The van der Waals surface area contributed by atoms with Crippen LogP contribution in [0, 0.1) is 0 Å². The Morgan fingerprint density at radius 1 is 1.43 bits per heavy atom. The first-order valence-electron chi connectivity index (χ1n) is 6.45. The zero-order chi connectivity index (χ0) is 15.1. The molecule has 1 saturated carbocycles. The van der Waals surface area contributed by atoms with Crippen molar-refractivity contribution in [2.45, 2.75) is 31.0 Å². The van der Waals surface area contributed by atoms with Gasteiger partial charge in [-0.25, -0.2) is 4.79 Å². The molecule has 6 nitrogen and oxygen atoms in total. The highest BCUT2D eigenvalue weighted by Crippen LogP contribution is 2.41. The molecule has 1 aliphatic heterocycles. The summed E-state index contributed by atoms with van der Waals surface area (Å²) in [6.45, 7) is -0.196. The summed E-state index contributed by atoms with van der Waals surface area (Å²) < 4.78 is 6.67. The van der Waals surface area contributed by atoms with E-state index in [0.29, 0.717) is 10.2 Å². The summed E-state index contributed by atoms with van der Waals surface area (Å²) in [5.74, 6) is -1.27. The first-order valence-corrected chi connectivity index (χ1v) is 8.04. The lowest BCUT2D eigenvalue weighted by Gasteiger charge is -2.39. The summed E-state index contributed by atoms with van der Waals surface area (Å²) in [6.07, 6.45) is 2.27. The normalized spacial score (nSPS) is 26.0. The van der Waals surface area contributed by atoms with Crippen LogP contribution in [0.2, 0.25) is 0 Å². The fourth-order valence-electron chi connectivity index (χ4n) is 2.54. The number of halogens is 2. The van der Waals surface area contributed by atoms with E-state index in [-0.39, 0.29) is 18.6 Å². The Hall–Kier alpha value is -0.990. The van der Waals surface area contributed by atoms with Crippen LogP contribution in [0.25, 0.3) is 0 Å². The second-order valence-corrected chi connectivity index (χ2v) is 6.84. The Labute approximate surface area is 137 Å². The SMILES string of the molecule is O=C(O)C1OCC(=O)N(C2CC2)C1c1ncc(Br)cc1Br. The van der Waals surface area contributed by atoms with Crippen molar-refractivity contribution in [2.75, 3.05) is 6.61 Å². The topological polar surface area (TPSA) is 79.7 Å². The third kappa shape index (κ3) is 2.84. The van der Waals surface area contributed by atoms with Crippen molar-refractivity contribution in [1.29, 1.82) is 0 Å². The molecule has 2 unspecified atom stereocenters. The highest BCUT2D eigenvalue weighted by Gasteiger charge is 2.48. The number of carboxylic acids is 1. The van der Waals surface area contributed by atoms with Gasteiger partial charge in [0.15, 0.2) is 6.10 Å². The van der Waals surface area contributed by atoms with Crippen molar-refractivity contribution in [2.24, 2.45) is 0 Å². The predicted molar refractivity (Wildman–Crippen MR) is 79.6 cm³/mol. The van der Waals surface area contributed by atoms with Crippen LogP contribution in [-0.4, -0.2) is 45.6 Å². The van der Waals surface area contributed by atoms with Crippen LogP contribution in [0.4, 0.5) is 0 Å². The van der Waals surface area contributed by atoms with Crippen molar-refractivity contribution in [3.05, 3.63) is 26.9 Å². The molecule has 1 aromatic heterocycles. The molecule has 21 heavy (non-hydrogen) atoms. The van der Waals surface area contributed by atoms with Gasteiger partial charge in [-0.3, -0.25) is 9.78 Å². The lowest BCUT2D eigenvalue weighted by atomic mass is 10.0. The Balaban J connectivity index is 2.06. The molecule has 2 atom stereocenters. The Kier molecular flexibility index (Phi) is 4.02. The molecule has 112 valence electrons. The standard InChI is InChI=1S/C13H12Br2N2O4/c14-6-3-8(15)10(16-4-6)11-12(13(19)20)21-5-9(18)17(11)7-1-2-7/h3-4,7,11-12H,1-2,5H2,(H,19,20). The second-order valence-electron chi connectivity index (χ2n) is 5.07. The molecule has 0 bridgehead atoms. The molecule has 1 amide bonds. The van der Waals surface area contributed by atoms with Gasteiger partial charge in [-0.2, -0.15) is 0 Å². The van der Waals surface area contributed by atoms with Gasteiger partial charge in [-0.1, -0.05) is 0 Å². The molecule has 2 aliphatic rings. The van der Waals surface area contributed by atoms with E-state index in [1.165, 1.54) is 0 Å². The quantitative estimate of drug-likeness (QED) is 0.811. The maximum atomic E-state index is 12.2. The Bertz CT molecular complexity index is 606. The van der Waals surface area contributed by atoms with Crippen LogP contribution in [0.3, 0.4) is 0 Å². The molecule has 1 saturated heterocycles. The number of pyridine rings is 1. The Morgan fingerprint density at radius 2 is 2.14 bits per heavy atom. The summed E-state index contributed by atoms with van der Waals surface area (Å²) in [7, 11) is 0. The van der Waals surface area contributed by atoms with Gasteiger partial charge < -0.3 is 14.7 Å². The zero-order valence-electron chi connectivity index (χ0n) is 10.8. The number of ether oxygens (including phenoxy) is 1. The number of amides is 1. The van der Waals surface area contributed by atoms with Crippen LogP contribution < -0.4 is 0 Å². The summed E-state index contributed by atoms with van der Waals surface area (Å²) in [5, 5.41) is 9.41. The summed E-state index contributed by atoms with van der Waals surface area (Å²) in [4.78, 5) is 29.6. The number of hydrogen-bond donors (Lipinski definition) is 1. The molecule has 1 N–H and O–H groups in total. The van der Waals surface area contributed by atoms with Gasteiger partial charge in [0.2, 0.25) is 5.91 Å². The molecule has 1 aromatic rings. The number of carbonyl (C=O) groups is 2. The van der Waals surface area contributed by atoms with Crippen LogP contribution in [0.5, 0.6) is 0 Å². The maximum Gasteiger partial charge on any atom is 0.335 e. The van der Waals surface area contributed by atoms with E-state index < -0.39 is 18.1 Å². The third-order valence-electron chi connectivity index (χ3n) is 3.56. The Morgan fingerprint density at radius 3 is 2.71 bits per heavy atom. The third-order valence-corrected chi connectivity index (χ3v) is 4.63. The van der Waals surface area contributed by atoms with Gasteiger partial charge in [-0.05, 0) is 50.8 Å². The van der Waals surface area contributed by atoms with Gasteiger partial charge in [-0.15, -0.1) is 0 Å². The number of morpholine rings is 1. The highest BCUT2D eigenvalue weighted by molar-refractivity contribution is 9.11. The van der Waals surface area contributed by atoms with Crippen molar-refractivity contribution in [3.63, 3.8) is 0 Å². The molecule has 0 spiro atoms. The minimum Gasteiger partial charge on any atom is -0.479 e. The molecule has 0 radical (unpaired) electrons. The van der Waals surface area contributed by atoms with Crippen molar-refractivity contribution in [3.8, 4) is 0 Å². The zero-order valence-corrected chi connectivity index (χ0v) is 14.0. The van der Waals surface area contributed by atoms with Crippen LogP contribution in [0.1, 0.15) is 24.6 Å². The van der Waals surface area contributed by atoms with Crippen LogP contribution in [-0.2, 0) is 14.3 Å². The van der Waals surface area contributed by atoms with Gasteiger partial charge in [0.25, 0.3) is 0 Å². The average molecular weight is 420 g/mol. The predicted octanol–water partition coefficient (Wildman–Crippen LogP) is 2.12. The van der Waals surface area contributed by atoms with E-state index in [9.17, 15) is 14.7 Å². The van der Waals surface area contributed by atoms with E-state index in [1.807, 2.05) is 0 Å². The number of aliphatic carboxylic acids is 1. The minimum absolute atomic E-state index is 0.0885. The summed E-state index contributed by atoms with van der Waals surface area (Å²) in [6, 6.07) is 1.16. The van der Waals surface area contributed by atoms with E-state index in [0.717, 1.165) is 17.3 Å². The van der Waals surface area contributed by atoms with E-state index in [2.05, 4.69) is 36.8 Å². The van der Waals surface area contributed by atoms with Crippen molar-refractivity contribution < 1.29 is 19.4 Å². The molecule has 3 rings (SSSR count). The minimum atomic E-state index is -1.10. The van der Waals surface area contributed by atoms with Gasteiger partial charge in [0.1, 0.15) is 12.6 Å². The van der Waals surface area contributed by atoms with Gasteiger partial charge in [0.05, 0.1) is 5.69 Å². The molecular formula is C13H12Br2N2O4. The first kappa shape index (κ1) is 14.9. The van der Waals surface area contributed by atoms with Crippen molar-refractivity contribution in [1.82, 2.24) is 9.88 Å². The fourth-order valence-corrected chi connectivity index (χ4v) is 3.76. The van der Waals surface area contributed by atoms with Crippen LogP contribution >= 0.6 is 31.9 Å². The second kappa shape index (κ2) is 5.66. The lowest BCUT2D eigenvalue weighted by molar-refractivity contribution is -0.174. The summed E-state index contributed by atoms with van der Waals surface area (Å²) in [5.41, 5.74) is 0.505. The molecule has 2 heterocycles. The molecule has 0 aromatic carbocycles. The number of carboxylic acid groups (broad SMARTS) is 1. The number of hydrogen-bond acceptors (Lipinski definition) is 4. The molecule has 1 aliphatic carbocycles. The maximum absolute atomic E-state index is 12.2. The highest BCUT2D eigenvalue weighted by atomic mass is 79.9. The molecule has 8 heteroatoms. The fraction of sp³-hybridized carbons (Fsp3) is 0.462. The number of rotatable bonds is 3. The summed E-state index contributed by atoms with van der Waals surface area (Å²) >= 11 is 6.71. The average Bonchev–Trinajstić information content (AvgIpc) is 3.22. The van der Waals surface area contributed by atoms with E-state index in [4.69, 9.17) is 4.74 Å². The van der Waals surface area contributed by atoms with E-state index in [1.54, 1.807) is 17.2 Å². The molecular weight excluding hydrogens is 408 g/mol.